The molecule has 2 fully saturated rings. The first-order valence-electron chi connectivity index (χ1n) is 11.6. The van der Waals surface area contributed by atoms with Gasteiger partial charge in [-0.3, -0.25) is 29.6 Å². The summed E-state index contributed by atoms with van der Waals surface area (Å²) in [6, 6.07) is 9.73. The maximum atomic E-state index is 12.9. The zero-order valence-corrected chi connectivity index (χ0v) is 19.1. The standard InChI is InChI=1S/C25H29N5O3/c1-16-11-20(12-17(2)26-16)29-9-7-28(8-10-29)14-18-3-4-21-19(13-18)15-30(25(21)33)22-5-6-23(31)27-24(22)32/h3-4,11-13,22H,5-10,14-15H2,1-2H3,(H,27,31,32). The van der Waals surface area contributed by atoms with Crippen LogP contribution in [-0.2, 0) is 22.7 Å². The molecule has 1 N–H and O–H groups in total. The van der Waals surface area contributed by atoms with E-state index in [1.807, 2.05) is 26.0 Å². The molecule has 8 nitrogen and oxygen atoms in total. The highest BCUT2D eigenvalue weighted by Gasteiger charge is 2.39. The Hall–Kier alpha value is -3.26. The Labute approximate surface area is 193 Å². The molecule has 1 aromatic heterocycles. The minimum atomic E-state index is -0.570. The van der Waals surface area contributed by atoms with Crippen LogP contribution in [0.2, 0.25) is 0 Å². The van der Waals surface area contributed by atoms with Crippen molar-refractivity contribution in [2.24, 2.45) is 0 Å². The first kappa shape index (κ1) is 21.6. The normalized spacial score (nSPS) is 21.4. The number of aryl methyl sites for hydroxylation is 2. The smallest absolute Gasteiger partial charge is 0.255 e. The number of fused-ring (bicyclic) bond motifs is 1. The van der Waals surface area contributed by atoms with Crippen LogP contribution >= 0.6 is 0 Å². The molecule has 0 spiro atoms. The summed E-state index contributed by atoms with van der Waals surface area (Å²) in [5.74, 6) is -0.760. The molecule has 2 saturated heterocycles. The van der Waals surface area contributed by atoms with Gasteiger partial charge in [0.15, 0.2) is 0 Å². The van der Waals surface area contributed by atoms with Crippen LogP contribution in [0.3, 0.4) is 0 Å². The number of carbonyl (C=O) groups is 3. The number of piperidine rings is 1. The van der Waals surface area contributed by atoms with Crippen molar-refractivity contribution in [1.29, 1.82) is 0 Å². The monoisotopic (exact) mass is 447 g/mol. The predicted octanol–water partition coefficient (Wildman–Crippen LogP) is 1.78. The average molecular weight is 448 g/mol. The van der Waals surface area contributed by atoms with Gasteiger partial charge in [-0.05, 0) is 49.6 Å². The fraction of sp³-hybridized carbons (Fsp3) is 0.440. The van der Waals surface area contributed by atoms with Crippen molar-refractivity contribution in [3.8, 4) is 0 Å². The number of nitrogens with one attached hydrogen (secondary N) is 1. The van der Waals surface area contributed by atoms with Crippen LogP contribution in [0, 0.1) is 13.8 Å². The van der Waals surface area contributed by atoms with Gasteiger partial charge in [-0.2, -0.15) is 0 Å². The summed E-state index contributed by atoms with van der Waals surface area (Å²) in [5, 5.41) is 2.35. The van der Waals surface area contributed by atoms with Crippen molar-refractivity contribution in [2.75, 3.05) is 31.1 Å². The summed E-state index contributed by atoms with van der Waals surface area (Å²) >= 11 is 0. The fourth-order valence-corrected chi connectivity index (χ4v) is 5.14. The van der Waals surface area contributed by atoms with Crippen LogP contribution < -0.4 is 10.2 Å². The number of anilines is 1. The summed E-state index contributed by atoms with van der Waals surface area (Å²) in [6.07, 6.45) is 0.657. The molecule has 2 aromatic rings. The van der Waals surface area contributed by atoms with Crippen LogP contribution in [0.5, 0.6) is 0 Å². The Balaban J connectivity index is 1.21. The molecule has 0 bridgehead atoms. The van der Waals surface area contributed by atoms with Gasteiger partial charge < -0.3 is 9.80 Å². The van der Waals surface area contributed by atoms with E-state index in [2.05, 4.69) is 38.3 Å². The molecule has 1 atom stereocenters. The first-order valence-corrected chi connectivity index (χ1v) is 11.6. The highest BCUT2D eigenvalue weighted by atomic mass is 16.2. The fourth-order valence-electron chi connectivity index (χ4n) is 5.14. The van der Waals surface area contributed by atoms with Gasteiger partial charge in [0.25, 0.3) is 5.91 Å². The molecular weight excluding hydrogens is 418 g/mol. The highest BCUT2D eigenvalue weighted by Crippen LogP contribution is 2.29. The average Bonchev–Trinajstić information content (AvgIpc) is 3.09. The molecular formula is C25H29N5O3. The highest BCUT2D eigenvalue weighted by molar-refractivity contribution is 6.05. The third kappa shape index (κ3) is 4.35. The number of rotatable bonds is 4. The number of imide groups is 1. The molecule has 0 aliphatic carbocycles. The Morgan fingerprint density at radius 2 is 1.73 bits per heavy atom. The van der Waals surface area contributed by atoms with Crippen molar-refractivity contribution in [3.63, 3.8) is 0 Å². The van der Waals surface area contributed by atoms with Crippen molar-refractivity contribution in [1.82, 2.24) is 20.1 Å². The number of nitrogens with zero attached hydrogens (tertiary/aromatic N) is 4. The van der Waals surface area contributed by atoms with E-state index in [0.717, 1.165) is 49.7 Å². The van der Waals surface area contributed by atoms with Crippen LogP contribution in [0.4, 0.5) is 5.69 Å². The number of hydrogen-bond acceptors (Lipinski definition) is 6. The number of pyridine rings is 1. The number of piperazine rings is 1. The van der Waals surface area contributed by atoms with E-state index < -0.39 is 6.04 Å². The minimum absolute atomic E-state index is 0.123. The van der Waals surface area contributed by atoms with E-state index in [-0.39, 0.29) is 24.1 Å². The van der Waals surface area contributed by atoms with Crippen molar-refractivity contribution >= 4 is 23.4 Å². The van der Waals surface area contributed by atoms with Crippen LogP contribution in [-0.4, -0.2) is 64.7 Å². The van der Waals surface area contributed by atoms with Crippen LogP contribution in [0.1, 0.15) is 45.7 Å². The topological polar surface area (TPSA) is 85.9 Å². The second-order valence-electron chi connectivity index (χ2n) is 9.26. The lowest BCUT2D eigenvalue weighted by Crippen LogP contribution is -2.52. The lowest BCUT2D eigenvalue weighted by molar-refractivity contribution is -0.136. The van der Waals surface area contributed by atoms with Crippen molar-refractivity contribution in [3.05, 3.63) is 58.4 Å². The Morgan fingerprint density at radius 1 is 1.00 bits per heavy atom. The van der Waals surface area contributed by atoms with E-state index in [0.29, 0.717) is 18.5 Å². The molecule has 5 rings (SSSR count). The third-order valence-corrected chi connectivity index (χ3v) is 6.80. The number of amides is 3. The van der Waals surface area contributed by atoms with Gasteiger partial charge in [-0.15, -0.1) is 0 Å². The molecule has 8 heteroatoms. The second kappa shape index (κ2) is 8.59. The zero-order chi connectivity index (χ0) is 23.1. The largest absolute Gasteiger partial charge is 0.369 e. The molecule has 172 valence electrons. The molecule has 1 aromatic carbocycles. The number of hydrogen-bond donors (Lipinski definition) is 1. The minimum Gasteiger partial charge on any atom is -0.369 e. The zero-order valence-electron chi connectivity index (χ0n) is 19.1. The maximum Gasteiger partial charge on any atom is 0.255 e. The number of benzene rings is 1. The molecule has 4 heterocycles. The summed E-state index contributed by atoms with van der Waals surface area (Å²) in [4.78, 5) is 47.5. The SMILES string of the molecule is Cc1cc(N2CCN(Cc3ccc4c(c3)CN(C3CCC(=O)NC3=O)C4=O)CC2)cc(C)n1. The summed E-state index contributed by atoms with van der Waals surface area (Å²) in [7, 11) is 0. The third-order valence-electron chi connectivity index (χ3n) is 6.80. The van der Waals surface area contributed by atoms with Crippen molar-refractivity contribution < 1.29 is 14.4 Å². The molecule has 33 heavy (non-hydrogen) atoms. The summed E-state index contributed by atoms with van der Waals surface area (Å²) in [6.45, 7) is 9.20. The molecule has 0 saturated carbocycles. The van der Waals surface area contributed by atoms with Gasteiger partial charge in [0.05, 0.1) is 0 Å². The lowest BCUT2D eigenvalue weighted by Gasteiger charge is -2.36. The van der Waals surface area contributed by atoms with Crippen LogP contribution in [0.15, 0.2) is 30.3 Å². The Bertz CT molecular complexity index is 1100. The summed E-state index contributed by atoms with van der Waals surface area (Å²) < 4.78 is 0. The van der Waals surface area contributed by atoms with E-state index in [9.17, 15) is 14.4 Å². The van der Waals surface area contributed by atoms with Gasteiger partial charge in [-0.25, -0.2) is 0 Å². The molecule has 3 aliphatic heterocycles. The van der Waals surface area contributed by atoms with Crippen LogP contribution in [0.25, 0.3) is 0 Å². The number of carbonyl (C=O) groups excluding carboxylic acids is 3. The molecule has 0 radical (unpaired) electrons. The van der Waals surface area contributed by atoms with Gasteiger partial charge in [0.2, 0.25) is 11.8 Å². The van der Waals surface area contributed by atoms with Gasteiger partial charge in [-0.1, -0.05) is 12.1 Å². The van der Waals surface area contributed by atoms with E-state index in [1.54, 1.807) is 4.90 Å². The van der Waals surface area contributed by atoms with E-state index >= 15 is 0 Å². The molecule has 1 unspecified atom stereocenters. The van der Waals surface area contributed by atoms with Gasteiger partial charge in [0, 0.05) is 68.3 Å². The quantitative estimate of drug-likeness (QED) is 0.720. The summed E-state index contributed by atoms with van der Waals surface area (Å²) in [5.41, 5.74) is 6.14. The van der Waals surface area contributed by atoms with Gasteiger partial charge in [0.1, 0.15) is 6.04 Å². The number of aromatic nitrogens is 1. The van der Waals surface area contributed by atoms with Gasteiger partial charge >= 0.3 is 0 Å². The van der Waals surface area contributed by atoms with Crippen molar-refractivity contribution in [2.45, 2.75) is 45.8 Å². The molecule has 3 aliphatic rings. The Morgan fingerprint density at radius 3 is 2.42 bits per heavy atom. The predicted molar refractivity (Wildman–Crippen MR) is 124 cm³/mol. The second-order valence-corrected chi connectivity index (χ2v) is 9.26. The van der Waals surface area contributed by atoms with E-state index in [4.69, 9.17) is 0 Å². The van der Waals surface area contributed by atoms with E-state index in [1.165, 1.54) is 11.3 Å². The Kier molecular flexibility index (Phi) is 5.62. The first-order chi connectivity index (χ1) is 15.9. The molecule has 3 amide bonds. The lowest BCUT2D eigenvalue weighted by atomic mass is 10.0. The maximum absolute atomic E-state index is 12.9.